The van der Waals surface area contributed by atoms with E-state index in [1.807, 2.05) is 108 Å². The first-order chi connectivity index (χ1) is 37.2. The van der Waals surface area contributed by atoms with Gasteiger partial charge in [0, 0.05) is 41.2 Å². The molecule has 0 amide bonds. The number of azo groups is 2. The summed E-state index contributed by atoms with van der Waals surface area (Å²) < 4.78 is 79.3. The second-order valence-electron chi connectivity index (χ2n) is 16.7. The summed E-state index contributed by atoms with van der Waals surface area (Å²) in [6, 6.07) is 66.5. The average Bonchev–Trinajstić information content (AvgIpc) is 4.16. The van der Waals surface area contributed by atoms with E-state index in [-0.39, 0.29) is 48.4 Å². The fourth-order valence-corrected chi connectivity index (χ4v) is 9.09. The van der Waals surface area contributed by atoms with Gasteiger partial charge in [0.25, 0.3) is 0 Å². The van der Waals surface area contributed by atoms with Gasteiger partial charge in [0.15, 0.2) is 6.04 Å². The van der Waals surface area contributed by atoms with E-state index < -0.39 is 25.5 Å². The van der Waals surface area contributed by atoms with Crippen molar-refractivity contribution < 1.29 is 35.8 Å². The van der Waals surface area contributed by atoms with Gasteiger partial charge in [-0.25, -0.2) is 0 Å². The Kier molecular flexibility index (Phi) is 10.2. The van der Waals surface area contributed by atoms with Gasteiger partial charge < -0.3 is 9.97 Å². The molecule has 0 saturated carbocycles. The summed E-state index contributed by atoms with van der Waals surface area (Å²) in [5.74, 6) is 0. The Morgan fingerprint density at radius 3 is 1.69 bits per heavy atom. The van der Waals surface area contributed by atoms with E-state index in [0.29, 0.717) is 50.5 Å². The van der Waals surface area contributed by atoms with Crippen molar-refractivity contribution in [3.8, 4) is 78.3 Å². The maximum absolute atomic E-state index is 9.78. The van der Waals surface area contributed by atoms with E-state index in [0.717, 1.165) is 39.1 Å². The number of pyridine rings is 3. The summed E-state index contributed by atoms with van der Waals surface area (Å²) in [5, 5.41) is 4.91. The molecule has 2 aliphatic heterocycles. The Balaban J connectivity index is 0.00000645. The number of aryl methyl sites for hydroxylation is 4. The number of rotatable bonds is 12. The third-order valence-corrected chi connectivity index (χ3v) is 12.4. The van der Waals surface area contributed by atoms with Gasteiger partial charge in [-0.15, -0.1) is 102 Å². The van der Waals surface area contributed by atoms with Gasteiger partial charge in [-0.3, -0.25) is 4.98 Å². The molecule has 1 unspecified atom stereocenters. The normalized spacial score (nSPS) is 15.7. The number of benzene rings is 7. The number of hydrogen-bond acceptors (Lipinski definition) is 4. The SMILES string of the molecule is [2H]C([2H])(c1ccc(-c2[c-]cccc2)nc1)C([2H])([2H])c1cc(-c2ccccc2-c2cnc3c(c2-c2ccc(-c4ccccc4)cc2)[N+]2=NC=CC2c2ccc[c-]c2-3)cc(C([2H])([2H])C([2H])([2H])c2ccc(-c3[c-]cccc3)nc2)c1.[Ir+3]. The molecule has 70 heavy (non-hydrogen) atoms. The molecule has 0 N–H and O–H groups in total. The predicted molar refractivity (Wildman–Crippen MR) is 276 cm³/mol. The predicted octanol–water partition coefficient (Wildman–Crippen LogP) is 15.2. The molecule has 10 aromatic rings. The van der Waals surface area contributed by atoms with E-state index in [9.17, 15) is 11.0 Å². The molecule has 12 rings (SSSR count). The van der Waals surface area contributed by atoms with Crippen molar-refractivity contribution in [1.29, 1.82) is 0 Å². The van der Waals surface area contributed by atoms with Crippen molar-refractivity contribution in [2.75, 3.05) is 0 Å². The van der Waals surface area contributed by atoms with E-state index in [1.54, 1.807) is 42.6 Å². The number of hydrogen-bond donors (Lipinski definition) is 0. The van der Waals surface area contributed by atoms with Gasteiger partial charge >= 0.3 is 20.1 Å². The van der Waals surface area contributed by atoms with Crippen molar-refractivity contribution in [3.05, 3.63) is 265 Å². The molecule has 2 aliphatic rings. The molecule has 0 bridgehead atoms. The molecule has 0 spiro atoms. The average molecular weight is 1080 g/mol. The summed E-state index contributed by atoms with van der Waals surface area (Å²) in [7, 11) is 0. The van der Waals surface area contributed by atoms with Gasteiger partial charge in [0.1, 0.15) is 0 Å². The van der Waals surface area contributed by atoms with Crippen molar-refractivity contribution in [3.63, 3.8) is 0 Å². The summed E-state index contributed by atoms with van der Waals surface area (Å²) in [6.45, 7) is 0. The number of fused-ring (bicyclic) bond motifs is 6. The molecule has 0 aliphatic carbocycles. The molecule has 0 fully saturated rings. The first-order valence-electron chi connectivity index (χ1n) is 26.7. The third-order valence-electron chi connectivity index (χ3n) is 12.4. The Morgan fingerprint density at radius 1 is 0.471 bits per heavy atom. The summed E-state index contributed by atoms with van der Waals surface area (Å²) >= 11 is 0. The minimum atomic E-state index is -2.85. The third kappa shape index (κ3) is 8.92. The molecule has 7 aromatic carbocycles. The van der Waals surface area contributed by atoms with Crippen LogP contribution in [-0.2, 0) is 45.6 Å². The molecule has 6 heteroatoms. The van der Waals surface area contributed by atoms with Crippen molar-refractivity contribution in [1.82, 2.24) is 15.0 Å². The van der Waals surface area contributed by atoms with Crippen LogP contribution in [-0.4, -0.2) is 19.6 Å². The van der Waals surface area contributed by atoms with Crippen LogP contribution in [0.2, 0.25) is 0 Å². The van der Waals surface area contributed by atoms with Gasteiger partial charge in [0.05, 0.1) is 17.5 Å². The van der Waals surface area contributed by atoms with Crippen LogP contribution in [0.5, 0.6) is 0 Å². The van der Waals surface area contributed by atoms with Crippen LogP contribution in [0.25, 0.3) is 78.3 Å². The Morgan fingerprint density at radius 2 is 1.06 bits per heavy atom. The topological polar surface area (TPSA) is 54.0 Å². The molecule has 0 saturated heterocycles. The van der Waals surface area contributed by atoms with Crippen LogP contribution in [0.1, 0.15) is 44.8 Å². The Labute approximate surface area is 434 Å². The molecule has 0 radical (unpaired) electrons. The van der Waals surface area contributed by atoms with Gasteiger partial charge in [-0.05, 0) is 97.6 Å². The standard InChI is InChI=1S/C64H45N5.Ir/c1-4-14-48(15-5-1)49-30-32-52(33-31-49)62-58(43-67-63-57-23-13-12-22-56(57)61-36-37-68-69(61)64(62)63)55-21-11-10-20-54(55)53-39-46(26-24-44-28-34-59(65-41-44)50-16-6-2-7-17-50)38-47(40-53)27-25-45-29-35-60(66-42-45)51-18-8-3-9-19-51;/h1-16,18,20-22,28-43,61H,24-27H2;/q-2;+3/i24D2,25D2,26D2,27D2;. The monoisotopic (exact) mass is 1080 g/mol. The quantitative estimate of drug-likeness (QED) is 0.0905. The van der Waals surface area contributed by atoms with Crippen LogP contribution in [0.4, 0.5) is 5.69 Å². The van der Waals surface area contributed by atoms with E-state index in [2.05, 4.69) is 70.6 Å². The fraction of sp³-hybridized carbons (Fsp3) is 0.0781. The molecular weight excluding hydrogens is 1030 g/mol. The second-order valence-corrected chi connectivity index (χ2v) is 16.7. The van der Waals surface area contributed by atoms with Crippen molar-refractivity contribution >= 4 is 5.69 Å². The van der Waals surface area contributed by atoms with E-state index in [4.69, 9.17) is 10.1 Å². The largest absolute Gasteiger partial charge is 3.00 e. The number of aromatic nitrogens is 3. The summed E-state index contributed by atoms with van der Waals surface area (Å²) in [4.78, 5) is 14.2. The maximum Gasteiger partial charge on any atom is 3.00 e. The maximum atomic E-state index is 9.78. The van der Waals surface area contributed by atoms with Gasteiger partial charge in [0.2, 0.25) is 5.69 Å². The zero-order valence-corrected chi connectivity index (χ0v) is 39.8. The van der Waals surface area contributed by atoms with Crippen LogP contribution in [0.3, 0.4) is 0 Å². The van der Waals surface area contributed by atoms with Crippen LogP contribution in [0.15, 0.2) is 224 Å². The van der Waals surface area contributed by atoms with Crippen molar-refractivity contribution in [2.24, 2.45) is 5.11 Å². The molecule has 1 atom stereocenters. The Hall–Kier alpha value is -8.02. The molecule has 3 aromatic heterocycles. The summed E-state index contributed by atoms with van der Waals surface area (Å²) in [5.41, 5.74) is 11.2. The smallest absolute Gasteiger partial charge is 0.304 e. The van der Waals surface area contributed by atoms with Crippen LogP contribution in [0, 0.1) is 18.2 Å². The zero-order valence-electron chi connectivity index (χ0n) is 45.4. The number of nitrogens with zero attached hydrogens (tertiary/aromatic N) is 5. The molecule has 5 nitrogen and oxygen atoms in total. The molecule has 5 heterocycles. The minimum Gasteiger partial charge on any atom is -0.304 e. The first kappa shape index (κ1) is 36.0. The molecular formula is C64H45IrN5+. The Bertz CT molecular complexity index is 3790. The minimum absolute atomic E-state index is 0. The fourth-order valence-electron chi connectivity index (χ4n) is 9.09. The zero-order chi connectivity index (χ0) is 53.1. The summed E-state index contributed by atoms with van der Waals surface area (Å²) in [6.07, 6.45) is -2.90. The van der Waals surface area contributed by atoms with E-state index in [1.165, 1.54) is 30.6 Å². The van der Waals surface area contributed by atoms with Crippen LogP contribution >= 0.6 is 0 Å². The van der Waals surface area contributed by atoms with E-state index >= 15 is 0 Å². The van der Waals surface area contributed by atoms with Gasteiger partial charge in [-0.2, -0.15) is 0 Å². The molecule has 334 valence electrons. The van der Waals surface area contributed by atoms with Gasteiger partial charge in [-0.1, -0.05) is 132 Å². The van der Waals surface area contributed by atoms with Crippen LogP contribution < -0.4 is 0 Å². The second kappa shape index (κ2) is 19.9. The van der Waals surface area contributed by atoms with Crippen molar-refractivity contribution in [2.45, 2.75) is 31.5 Å². The first-order valence-corrected chi connectivity index (χ1v) is 22.7.